The number of nitrogens with one attached hydrogen (secondary N) is 1. The van der Waals surface area contributed by atoms with E-state index in [4.69, 9.17) is 4.98 Å². The maximum absolute atomic E-state index is 11.7. The van der Waals surface area contributed by atoms with Crippen molar-refractivity contribution in [1.29, 1.82) is 0 Å². The molecule has 2 heterocycles. The number of carbonyl (C=O) groups is 1. The second-order valence-corrected chi connectivity index (χ2v) is 6.21. The fourth-order valence-corrected chi connectivity index (χ4v) is 3.30. The number of rotatable bonds is 4. The molecular formula is C19H25N3O. The van der Waals surface area contributed by atoms with Crippen molar-refractivity contribution < 1.29 is 4.79 Å². The number of nitrogens with zero attached hydrogens (tertiary/aromatic N) is 2. The van der Waals surface area contributed by atoms with Gasteiger partial charge < -0.3 is 10.2 Å². The molecule has 4 heteroatoms. The first-order valence-electron chi connectivity index (χ1n) is 8.64. The molecule has 2 aromatic rings. The molecule has 1 aliphatic rings. The van der Waals surface area contributed by atoms with Crippen molar-refractivity contribution in [1.82, 2.24) is 10.3 Å². The Morgan fingerprint density at radius 3 is 2.96 bits per heavy atom. The van der Waals surface area contributed by atoms with Gasteiger partial charge in [0.05, 0.1) is 5.52 Å². The fraction of sp³-hybridized carbons (Fsp3) is 0.474. The molecule has 1 amide bonds. The lowest BCUT2D eigenvalue weighted by atomic mass is 10.0. The Hall–Kier alpha value is -2.10. The van der Waals surface area contributed by atoms with Gasteiger partial charge in [0.15, 0.2) is 0 Å². The number of para-hydroxylation sites is 1. The summed E-state index contributed by atoms with van der Waals surface area (Å²) in [4.78, 5) is 18.8. The number of carbonyl (C=O) groups excluding carboxylic acids is 1. The molecule has 122 valence electrons. The highest BCUT2D eigenvalue weighted by Gasteiger charge is 2.22. The lowest BCUT2D eigenvalue weighted by Gasteiger charge is -2.35. The van der Waals surface area contributed by atoms with Crippen LogP contribution in [0.15, 0.2) is 30.3 Å². The minimum Gasteiger partial charge on any atom is -0.369 e. The molecule has 1 atom stereocenters. The number of amides is 1. The van der Waals surface area contributed by atoms with Crippen molar-refractivity contribution in [3.05, 3.63) is 36.0 Å². The Labute approximate surface area is 137 Å². The van der Waals surface area contributed by atoms with Crippen LogP contribution in [0.1, 0.15) is 38.8 Å². The molecule has 1 saturated heterocycles. The SMILES string of the molecule is CCC(=O)NC1CCCN(c2cc(CC)nc3ccccc23)C1. The average molecular weight is 311 g/mol. The highest BCUT2D eigenvalue weighted by atomic mass is 16.1. The van der Waals surface area contributed by atoms with Gasteiger partial charge in [-0.05, 0) is 31.4 Å². The molecule has 3 rings (SSSR count). The summed E-state index contributed by atoms with van der Waals surface area (Å²) in [6.45, 7) is 5.96. The van der Waals surface area contributed by atoms with E-state index in [2.05, 4.69) is 41.4 Å². The Balaban J connectivity index is 1.91. The Kier molecular flexibility index (Phi) is 4.79. The van der Waals surface area contributed by atoms with Crippen molar-refractivity contribution >= 4 is 22.5 Å². The maximum atomic E-state index is 11.7. The monoisotopic (exact) mass is 311 g/mol. The molecule has 1 aliphatic heterocycles. The summed E-state index contributed by atoms with van der Waals surface area (Å²) in [5.41, 5.74) is 3.43. The van der Waals surface area contributed by atoms with Crippen LogP contribution in [-0.2, 0) is 11.2 Å². The molecule has 0 spiro atoms. The molecule has 0 saturated carbocycles. The number of hydrogen-bond donors (Lipinski definition) is 1. The van der Waals surface area contributed by atoms with Crippen LogP contribution < -0.4 is 10.2 Å². The van der Waals surface area contributed by atoms with Crippen LogP contribution in [0.4, 0.5) is 5.69 Å². The summed E-state index contributed by atoms with van der Waals surface area (Å²) < 4.78 is 0. The van der Waals surface area contributed by atoms with Gasteiger partial charge in [0.1, 0.15) is 0 Å². The number of aryl methyl sites for hydroxylation is 1. The van der Waals surface area contributed by atoms with Crippen molar-refractivity contribution in [3.63, 3.8) is 0 Å². The summed E-state index contributed by atoms with van der Waals surface area (Å²) >= 11 is 0. The van der Waals surface area contributed by atoms with Gasteiger partial charge in [0.2, 0.25) is 5.91 Å². The molecule has 0 bridgehead atoms. The lowest BCUT2D eigenvalue weighted by Crippen LogP contribution is -2.47. The van der Waals surface area contributed by atoms with E-state index in [0.717, 1.165) is 43.6 Å². The Morgan fingerprint density at radius 2 is 2.17 bits per heavy atom. The van der Waals surface area contributed by atoms with E-state index < -0.39 is 0 Å². The highest BCUT2D eigenvalue weighted by Crippen LogP contribution is 2.29. The Morgan fingerprint density at radius 1 is 1.35 bits per heavy atom. The first-order valence-corrected chi connectivity index (χ1v) is 8.64. The Bertz CT molecular complexity index is 698. The van der Waals surface area contributed by atoms with Gasteiger partial charge in [-0.25, -0.2) is 0 Å². The summed E-state index contributed by atoms with van der Waals surface area (Å²) in [6, 6.07) is 10.8. The van der Waals surface area contributed by atoms with E-state index in [1.807, 2.05) is 13.0 Å². The highest BCUT2D eigenvalue weighted by molar-refractivity contribution is 5.92. The van der Waals surface area contributed by atoms with Crippen molar-refractivity contribution in [2.75, 3.05) is 18.0 Å². The van der Waals surface area contributed by atoms with Crippen LogP contribution in [-0.4, -0.2) is 30.0 Å². The minimum absolute atomic E-state index is 0.144. The first kappa shape index (κ1) is 15.8. The number of aromatic nitrogens is 1. The van der Waals surface area contributed by atoms with E-state index in [-0.39, 0.29) is 11.9 Å². The van der Waals surface area contributed by atoms with Gasteiger partial charge >= 0.3 is 0 Å². The van der Waals surface area contributed by atoms with Crippen LogP contribution in [0.25, 0.3) is 10.9 Å². The largest absolute Gasteiger partial charge is 0.369 e. The molecule has 0 radical (unpaired) electrons. The van der Waals surface area contributed by atoms with Gasteiger partial charge in [-0.2, -0.15) is 0 Å². The number of pyridine rings is 1. The summed E-state index contributed by atoms with van der Waals surface area (Å²) in [5.74, 6) is 0.144. The van der Waals surface area contributed by atoms with Crippen molar-refractivity contribution in [3.8, 4) is 0 Å². The molecule has 0 aliphatic carbocycles. The topological polar surface area (TPSA) is 45.2 Å². The predicted octanol–water partition coefficient (Wildman–Crippen LogP) is 3.29. The number of hydrogen-bond acceptors (Lipinski definition) is 3. The quantitative estimate of drug-likeness (QED) is 0.942. The van der Waals surface area contributed by atoms with E-state index in [1.165, 1.54) is 11.1 Å². The number of benzene rings is 1. The number of fused-ring (bicyclic) bond motifs is 1. The number of piperidine rings is 1. The third-order valence-corrected chi connectivity index (χ3v) is 4.56. The zero-order valence-corrected chi connectivity index (χ0v) is 14.0. The standard InChI is InChI=1S/C19H25N3O/c1-3-14-12-18(16-9-5-6-10-17(16)20-14)22-11-7-8-15(13-22)21-19(23)4-2/h5-6,9-10,12,15H,3-4,7-8,11,13H2,1-2H3,(H,21,23). The third-order valence-electron chi connectivity index (χ3n) is 4.56. The fourth-order valence-electron chi connectivity index (χ4n) is 3.30. The summed E-state index contributed by atoms with van der Waals surface area (Å²) in [5, 5.41) is 4.35. The van der Waals surface area contributed by atoms with Crippen LogP contribution >= 0.6 is 0 Å². The van der Waals surface area contributed by atoms with E-state index in [1.54, 1.807) is 0 Å². The van der Waals surface area contributed by atoms with Crippen molar-refractivity contribution in [2.45, 2.75) is 45.6 Å². The van der Waals surface area contributed by atoms with Gasteiger partial charge in [0.25, 0.3) is 0 Å². The smallest absolute Gasteiger partial charge is 0.219 e. The molecule has 1 aromatic carbocycles. The normalized spacial score (nSPS) is 18.2. The molecule has 4 nitrogen and oxygen atoms in total. The summed E-state index contributed by atoms with van der Waals surface area (Å²) in [7, 11) is 0. The lowest BCUT2D eigenvalue weighted by molar-refractivity contribution is -0.121. The zero-order valence-electron chi connectivity index (χ0n) is 14.0. The molecule has 1 fully saturated rings. The van der Waals surface area contributed by atoms with Gasteiger partial charge in [-0.3, -0.25) is 9.78 Å². The van der Waals surface area contributed by atoms with Gasteiger partial charge in [0, 0.05) is 42.3 Å². The van der Waals surface area contributed by atoms with E-state index >= 15 is 0 Å². The third kappa shape index (κ3) is 3.46. The molecule has 23 heavy (non-hydrogen) atoms. The molecule has 1 aromatic heterocycles. The van der Waals surface area contributed by atoms with Crippen LogP contribution in [0.3, 0.4) is 0 Å². The zero-order chi connectivity index (χ0) is 16.2. The van der Waals surface area contributed by atoms with E-state index in [0.29, 0.717) is 6.42 Å². The maximum Gasteiger partial charge on any atom is 0.219 e. The second kappa shape index (κ2) is 6.99. The van der Waals surface area contributed by atoms with E-state index in [9.17, 15) is 4.79 Å². The molecule has 1 N–H and O–H groups in total. The second-order valence-electron chi connectivity index (χ2n) is 6.21. The van der Waals surface area contributed by atoms with Crippen LogP contribution in [0.5, 0.6) is 0 Å². The van der Waals surface area contributed by atoms with Crippen LogP contribution in [0, 0.1) is 0 Å². The minimum atomic E-state index is 0.144. The number of anilines is 1. The predicted molar refractivity (Wildman–Crippen MR) is 94.8 cm³/mol. The van der Waals surface area contributed by atoms with Crippen LogP contribution in [0.2, 0.25) is 0 Å². The average Bonchev–Trinajstić information content (AvgIpc) is 2.60. The molecular weight excluding hydrogens is 286 g/mol. The van der Waals surface area contributed by atoms with Crippen molar-refractivity contribution in [2.24, 2.45) is 0 Å². The van der Waals surface area contributed by atoms with Gasteiger partial charge in [-0.1, -0.05) is 32.0 Å². The summed E-state index contributed by atoms with van der Waals surface area (Å²) in [6.07, 6.45) is 3.65. The van der Waals surface area contributed by atoms with Gasteiger partial charge in [-0.15, -0.1) is 0 Å². The first-order chi connectivity index (χ1) is 11.2. The molecule has 1 unspecified atom stereocenters.